The van der Waals surface area contributed by atoms with E-state index in [0.717, 1.165) is 22.3 Å². The summed E-state index contributed by atoms with van der Waals surface area (Å²) in [6, 6.07) is 18.1. The molecule has 0 saturated carbocycles. The van der Waals surface area contributed by atoms with E-state index >= 15 is 0 Å². The number of imidazole rings is 1. The molecule has 9 heteroatoms. The second-order valence-electron chi connectivity index (χ2n) is 8.22. The second kappa shape index (κ2) is 9.47. The van der Waals surface area contributed by atoms with Crippen molar-refractivity contribution in [2.45, 2.75) is 13.0 Å². The Morgan fingerprint density at radius 1 is 0.972 bits per heavy atom. The molecular weight excluding hydrogens is 480 g/mol. The van der Waals surface area contributed by atoms with E-state index in [2.05, 4.69) is 10.6 Å². The van der Waals surface area contributed by atoms with Crippen LogP contribution in [-0.4, -0.2) is 36.8 Å². The van der Waals surface area contributed by atoms with Gasteiger partial charge in [0.15, 0.2) is 0 Å². The average Bonchev–Trinajstić information content (AvgIpc) is 3.28. The highest BCUT2D eigenvalue weighted by Crippen LogP contribution is 2.42. The minimum absolute atomic E-state index is 0.318. The number of anilines is 2. The van der Waals surface area contributed by atoms with Crippen LogP contribution in [-0.2, 0) is 4.79 Å². The van der Waals surface area contributed by atoms with Crippen molar-refractivity contribution >= 4 is 45.9 Å². The lowest BCUT2D eigenvalue weighted by Crippen LogP contribution is -2.30. The van der Waals surface area contributed by atoms with Crippen LogP contribution in [0, 0.1) is 0 Å². The van der Waals surface area contributed by atoms with Crippen LogP contribution >= 0.6 is 11.6 Å². The zero-order valence-corrected chi connectivity index (χ0v) is 21.0. The molecule has 0 fully saturated rings. The monoisotopic (exact) mass is 504 g/mol. The van der Waals surface area contributed by atoms with E-state index in [4.69, 9.17) is 30.8 Å². The summed E-state index contributed by atoms with van der Waals surface area (Å²) in [6.07, 6.45) is 0. The highest BCUT2D eigenvalue weighted by atomic mass is 35.5. The maximum absolute atomic E-state index is 14.0. The molecule has 1 atom stereocenters. The Bertz CT molecular complexity index is 1510. The molecule has 36 heavy (non-hydrogen) atoms. The lowest BCUT2D eigenvalue weighted by molar-refractivity contribution is -0.113. The summed E-state index contributed by atoms with van der Waals surface area (Å²) in [4.78, 5) is 18.7. The van der Waals surface area contributed by atoms with Gasteiger partial charge in [0, 0.05) is 23.4 Å². The number of methoxy groups -OCH3 is 3. The molecule has 0 aliphatic carbocycles. The van der Waals surface area contributed by atoms with Crippen LogP contribution in [0.15, 0.2) is 66.2 Å². The molecule has 1 amide bonds. The Hall–Kier alpha value is -4.17. The van der Waals surface area contributed by atoms with Gasteiger partial charge in [0.25, 0.3) is 5.91 Å². The van der Waals surface area contributed by atoms with E-state index in [1.807, 2.05) is 60.0 Å². The van der Waals surface area contributed by atoms with E-state index in [1.165, 1.54) is 14.2 Å². The van der Waals surface area contributed by atoms with Crippen molar-refractivity contribution < 1.29 is 19.0 Å². The first-order chi connectivity index (χ1) is 17.5. The van der Waals surface area contributed by atoms with Gasteiger partial charge in [0.1, 0.15) is 17.2 Å². The van der Waals surface area contributed by atoms with E-state index < -0.39 is 6.04 Å². The summed E-state index contributed by atoms with van der Waals surface area (Å²) in [5.74, 6) is 1.82. The second-order valence-corrected chi connectivity index (χ2v) is 8.63. The molecule has 0 unspecified atom stereocenters. The standard InChI is InChI=1S/C27H25ClN4O4/c1-15-24(26(33)29-19-14-22(35-3)17(28)13-23(19)36-4)25(16-9-5-8-12-21(16)34-2)31-27-30-18-10-6-7-11-20(18)32(15)27/h5-14,25H,1-4H3,(H,29,33)(H,30,31)/t25-/m1/s1. The number of amides is 1. The number of para-hydroxylation sites is 3. The molecule has 1 aromatic heterocycles. The minimum Gasteiger partial charge on any atom is -0.496 e. The van der Waals surface area contributed by atoms with Gasteiger partial charge < -0.3 is 24.8 Å². The number of nitrogens with one attached hydrogen (secondary N) is 2. The van der Waals surface area contributed by atoms with Gasteiger partial charge in [-0.25, -0.2) is 4.98 Å². The largest absolute Gasteiger partial charge is 0.496 e. The van der Waals surface area contributed by atoms with Gasteiger partial charge in [0.2, 0.25) is 5.95 Å². The van der Waals surface area contributed by atoms with Crippen molar-refractivity contribution in [3.63, 3.8) is 0 Å². The fraction of sp³-hybridized carbons (Fsp3) is 0.185. The fourth-order valence-corrected chi connectivity index (χ4v) is 4.81. The third kappa shape index (κ3) is 3.89. The van der Waals surface area contributed by atoms with Crippen LogP contribution in [0.3, 0.4) is 0 Å². The number of rotatable bonds is 6. The summed E-state index contributed by atoms with van der Waals surface area (Å²) in [5, 5.41) is 6.84. The van der Waals surface area contributed by atoms with Gasteiger partial charge in [-0.15, -0.1) is 0 Å². The lowest BCUT2D eigenvalue weighted by Gasteiger charge is -2.31. The van der Waals surface area contributed by atoms with Gasteiger partial charge in [-0.05, 0) is 25.1 Å². The molecule has 5 rings (SSSR count). The first-order valence-corrected chi connectivity index (χ1v) is 11.7. The molecule has 184 valence electrons. The average molecular weight is 505 g/mol. The fourth-order valence-electron chi connectivity index (χ4n) is 4.57. The van der Waals surface area contributed by atoms with Crippen LogP contribution < -0.4 is 24.8 Å². The molecule has 0 bridgehead atoms. The number of halogens is 1. The summed E-state index contributed by atoms with van der Waals surface area (Å²) >= 11 is 6.26. The third-order valence-corrected chi connectivity index (χ3v) is 6.56. The van der Waals surface area contributed by atoms with Crippen LogP contribution in [0.25, 0.3) is 16.7 Å². The highest BCUT2D eigenvalue weighted by molar-refractivity contribution is 6.32. The third-order valence-electron chi connectivity index (χ3n) is 6.26. The number of ether oxygens (including phenoxy) is 3. The summed E-state index contributed by atoms with van der Waals surface area (Å²) in [7, 11) is 4.64. The Morgan fingerprint density at radius 3 is 2.42 bits per heavy atom. The summed E-state index contributed by atoms with van der Waals surface area (Å²) in [6.45, 7) is 1.91. The van der Waals surface area contributed by atoms with Crippen molar-refractivity contribution in [3.05, 3.63) is 76.8 Å². The SMILES string of the molecule is COc1cc(NC(=O)C2=C(C)n3c(nc4ccccc43)N[C@@H]2c2ccccc2OC)c(OC)cc1Cl. The van der Waals surface area contributed by atoms with Gasteiger partial charge >= 0.3 is 0 Å². The van der Waals surface area contributed by atoms with Crippen LogP contribution in [0.5, 0.6) is 17.2 Å². The number of aromatic nitrogens is 2. The maximum Gasteiger partial charge on any atom is 0.255 e. The van der Waals surface area contributed by atoms with E-state index in [-0.39, 0.29) is 5.91 Å². The number of hydrogen-bond acceptors (Lipinski definition) is 6. The quantitative estimate of drug-likeness (QED) is 0.347. The molecule has 2 heterocycles. The zero-order chi connectivity index (χ0) is 25.4. The topological polar surface area (TPSA) is 86.6 Å². The van der Waals surface area contributed by atoms with E-state index in [9.17, 15) is 4.79 Å². The number of carbonyl (C=O) groups excluding carboxylic acids is 1. The number of nitrogens with zero attached hydrogens (tertiary/aromatic N) is 2. The van der Waals surface area contributed by atoms with Crippen molar-refractivity contribution in [2.24, 2.45) is 0 Å². The van der Waals surface area contributed by atoms with Gasteiger partial charge in [-0.2, -0.15) is 0 Å². The predicted molar refractivity (Wildman–Crippen MR) is 141 cm³/mol. The number of allylic oxidation sites excluding steroid dienone is 1. The van der Waals surface area contributed by atoms with Crippen LogP contribution in [0.2, 0.25) is 5.02 Å². The van der Waals surface area contributed by atoms with Crippen molar-refractivity contribution in [1.82, 2.24) is 9.55 Å². The van der Waals surface area contributed by atoms with E-state index in [0.29, 0.717) is 39.5 Å². The van der Waals surface area contributed by atoms with Gasteiger partial charge in [0.05, 0.1) is 54.7 Å². The van der Waals surface area contributed by atoms with Crippen molar-refractivity contribution in [2.75, 3.05) is 32.0 Å². The first-order valence-electron chi connectivity index (χ1n) is 11.3. The van der Waals surface area contributed by atoms with Crippen LogP contribution in [0.4, 0.5) is 11.6 Å². The summed E-state index contributed by atoms with van der Waals surface area (Å²) < 4.78 is 18.4. The lowest BCUT2D eigenvalue weighted by atomic mass is 9.94. The summed E-state index contributed by atoms with van der Waals surface area (Å²) in [5.41, 5.74) is 4.21. The number of hydrogen-bond donors (Lipinski definition) is 2. The molecule has 2 N–H and O–H groups in total. The molecule has 0 saturated heterocycles. The van der Waals surface area contributed by atoms with Gasteiger partial charge in [-0.3, -0.25) is 9.36 Å². The molecule has 4 aromatic rings. The molecule has 0 spiro atoms. The Kier molecular flexibility index (Phi) is 6.20. The number of benzene rings is 3. The van der Waals surface area contributed by atoms with Crippen molar-refractivity contribution in [1.29, 1.82) is 0 Å². The minimum atomic E-state index is -0.523. The highest BCUT2D eigenvalue weighted by Gasteiger charge is 2.34. The van der Waals surface area contributed by atoms with Gasteiger partial charge in [-0.1, -0.05) is 41.9 Å². The predicted octanol–water partition coefficient (Wildman–Crippen LogP) is 5.75. The smallest absolute Gasteiger partial charge is 0.255 e. The first kappa shape index (κ1) is 23.6. The molecule has 1 aliphatic heterocycles. The molecule has 0 radical (unpaired) electrons. The Labute approximate surface area is 213 Å². The number of fused-ring (bicyclic) bond motifs is 3. The normalized spacial score (nSPS) is 14.8. The Balaban J connectivity index is 1.67. The molecule has 8 nitrogen and oxygen atoms in total. The van der Waals surface area contributed by atoms with Crippen molar-refractivity contribution in [3.8, 4) is 17.2 Å². The molecule has 1 aliphatic rings. The van der Waals surface area contributed by atoms with E-state index in [1.54, 1.807) is 19.2 Å². The molecule has 3 aromatic carbocycles. The van der Waals surface area contributed by atoms with Crippen LogP contribution in [0.1, 0.15) is 18.5 Å². The maximum atomic E-state index is 14.0. The zero-order valence-electron chi connectivity index (χ0n) is 20.3. The molecular formula is C27H25ClN4O4. The number of carbonyl (C=O) groups is 1. The Morgan fingerprint density at radius 2 is 1.67 bits per heavy atom.